The summed E-state index contributed by atoms with van der Waals surface area (Å²) >= 11 is 4.55. The molecule has 1 fully saturated rings. The SMILES string of the molecule is C=CC(F)(F)C(F)(F)[C@H]1CC(F)(F)[C@]1(F)Cl. The predicted octanol–water partition coefficient (Wildman–Crippen LogP) is 4.00. The molecule has 94 valence electrons. The molecule has 0 heterocycles. The van der Waals surface area contributed by atoms with Crippen molar-refractivity contribution >= 4 is 11.6 Å². The summed E-state index contributed by atoms with van der Waals surface area (Å²) in [7, 11) is 0. The van der Waals surface area contributed by atoms with Gasteiger partial charge in [-0.1, -0.05) is 18.2 Å². The van der Waals surface area contributed by atoms with Gasteiger partial charge < -0.3 is 0 Å². The average Bonchev–Trinajstić information content (AvgIpc) is 2.13. The van der Waals surface area contributed by atoms with E-state index < -0.39 is 41.3 Å². The van der Waals surface area contributed by atoms with Crippen molar-refractivity contribution < 1.29 is 30.7 Å². The molecule has 1 aliphatic carbocycles. The minimum Gasteiger partial charge on any atom is -0.219 e. The normalized spacial score (nSPS) is 34.4. The van der Waals surface area contributed by atoms with E-state index in [9.17, 15) is 30.7 Å². The molecule has 8 heteroatoms. The second kappa shape index (κ2) is 3.27. The summed E-state index contributed by atoms with van der Waals surface area (Å²) in [5.41, 5.74) is 0. The summed E-state index contributed by atoms with van der Waals surface area (Å²) < 4.78 is 89.3. The van der Waals surface area contributed by atoms with Crippen molar-refractivity contribution in [1.29, 1.82) is 0 Å². The molecule has 0 bridgehead atoms. The van der Waals surface area contributed by atoms with Crippen LogP contribution in [0.25, 0.3) is 0 Å². The summed E-state index contributed by atoms with van der Waals surface area (Å²) in [5.74, 6) is -17.0. The van der Waals surface area contributed by atoms with Crippen LogP contribution in [0.4, 0.5) is 30.7 Å². The molecule has 0 amide bonds. The Bertz CT molecular complexity index is 310. The van der Waals surface area contributed by atoms with Crippen molar-refractivity contribution in [3.05, 3.63) is 12.7 Å². The third-order valence-electron chi connectivity index (χ3n) is 2.52. The van der Waals surface area contributed by atoms with Crippen molar-refractivity contribution in [3.63, 3.8) is 0 Å². The summed E-state index contributed by atoms with van der Waals surface area (Å²) in [5, 5.41) is -4.16. The largest absolute Gasteiger partial charge is 0.328 e. The Balaban J connectivity index is 3.02. The van der Waals surface area contributed by atoms with Gasteiger partial charge in [0.1, 0.15) is 0 Å². The van der Waals surface area contributed by atoms with Crippen LogP contribution in [0.1, 0.15) is 6.42 Å². The van der Waals surface area contributed by atoms with Crippen LogP contribution in [-0.2, 0) is 0 Å². The summed E-state index contributed by atoms with van der Waals surface area (Å²) in [6, 6.07) is 0. The van der Waals surface area contributed by atoms with Gasteiger partial charge in [0.25, 0.3) is 11.1 Å². The van der Waals surface area contributed by atoms with Crippen molar-refractivity contribution in [3.8, 4) is 0 Å². The minimum absolute atomic E-state index is 0.420. The van der Waals surface area contributed by atoms with E-state index in [1.54, 1.807) is 0 Å². The molecule has 0 aromatic heterocycles. The van der Waals surface area contributed by atoms with Crippen LogP contribution < -0.4 is 0 Å². The Hall–Kier alpha value is -0.460. The molecule has 2 atom stereocenters. The first-order chi connectivity index (χ1) is 6.90. The van der Waals surface area contributed by atoms with Gasteiger partial charge in [-0.25, -0.2) is 13.2 Å². The lowest BCUT2D eigenvalue weighted by molar-refractivity contribution is -0.309. The Morgan fingerprint density at radius 2 is 1.62 bits per heavy atom. The molecule has 1 rings (SSSR count). The molecule has 0 nitrogen and oxygen atoms in total. The highest BCUT2D eigenvalue weighted by Crippen LogP contribution is 2.64. The topological polar surface area (TPSA) is 0 Å². The molecule has 16 heavy (non-hydrogen) atoms. The number of rotatable bonds is 3. The highest BCUT2D eigenvalue weighted by molar-refractivity contribution is 6.24. The maximum Gasteiger partial charge on any atom is 0.328 e. The fourth-order valence-electron chi connectivity index (χ4n) is 1.37. The molecule has 0 N–H and O–H groups in total. The third kappa shape index (κ3) is 1.51. The molecule has 0 unspecified atom stereocenters. The number of hydrogen-bond acceptors (Lipinski definition) is 0. The second-order valence-electron chi connectivity index (χ2n) is 3.53. The van der Waals surface area contributed by atoms with E-state index in [4.69, 9.17) is 0 Å². The first kappa shape index (κ1) is 13.6. The van der Waals surface area contributed by atoms with E-state index in [2.05, 4.69) is 18.2 Å². The highest BCUT2D eigenvalue weighted by atomic mass is 35.5. The Kier molecular flexibility index (Phi) is 2.78. The molecule has 0 spiro atoms. The molecule has 0 aromatic rings. The summed E-state index contributed by atoms with van der Waals surface area (Å²) in [6.45, 7) is 2.44. The van der Waals surface area contributed by atoms with E-state index in [1.165, 1.54) is 0 Å². The molecule has 0 radical (unpaired) electrons. The van der Waals surface area contributed by atoms with Gasteiger partial charge in [0.2, 0.25) is 0 Å². The van der Waals surface area contributed by atoms with Gasteiger partial charge in [0.15, 0.2) is 0 Å². The zero-order chi connectivity index (χ0) is 13.0. The van der Waals surface area contributed by atoms with E-state index in [1.807, 2.05) is 0 Å². The Morgan fingerprint density at radius 3 is 1.88 bits per heavy atom. The van der Waals surface area contributed by atoms with Crippen molar-refractivity contribution in [2.24, 2.45) is 5.92 Å². The van der Waals surface area contributed by atoms with Gasteiger partial charge in [-0.3, -0.25) is 0 Å². The van der Waals surface area contributed by atoms with Gasteiger partial charge in [0.05, 0.1) is 5.92 Å². The number of hydrogen-bond donors (Lipinski definition) is 0. The lowest BCUT2D eigenvalue weighted by Gasteiger charge is -2.49. The quantitative estimate of drug-likeness (QED) is 0.413. The maximum absolute atomic E-state index is 13.0. The second-order valence-corrected chi connectivity index (χ2v) is 4.08. The van der Waals surface area contributed by atoms with Gasteiger partial charge in [-0.05, 0) is 6.08 Å². The molecule has 0 saturated heterocycles. The first-order valence-corrected chi connectivity index (χ1v) is 4.43. The molecule has 0 aliphatic heterocycles. The van der Waals surface area contributed by atoms with Crippen LogP contribution >= 0.6 is 11.6 Å². The van der Waals surface area contributed by atoms with E-state index in [-0.39, 0.29) is 0 Å². The van der Waals surface area contributed by atoms with E-state index in [0.29, 0.717) is 0 Å². The fraction of sp³-hybridized carbons (Fsp3) is 0.750. The average molecular weight is 271 g/mol. The number of allylic oxidation sites excluding steroid dienone is 1. The monoisotopic (exact) mass is 270 g/mol. The minimum atomic E-state index is -5.01. The van der Waals surface area contributed by atoms with Gasteiger partial charge >= 0.3 is 11.8 Å². The third-order valence-corrected chi connectivity index (χ3v) is 3.06. The van der Waals surface area contributed by atoms with Crippen LogP contribution in [0.2, 0.25) is 0 Å². The van der Waals surface area contributed by atoms with Crippen LogP contribution in [-0.4, -0.2) is 22.9 Å². The van der Waals surface area contributed by atoms with Crippen molar-refractivity contribution in [1.82, 2.24) is 0 Å². The zero-order valence-corrected chi connectivity index (χ0v) is 8.35. The molecule has 1 aliphatic rings. The summed E-state index contributed by atoms with van der Waals surface area (Å²) in [6.07, 6.45) is -2.15. The highest BCUT2D eigenvalue weighted by Gasteiger charge is 2.80. The molecular formula is C8H6ClF7. The van der Waals surface area contributed by atoms with Gasteiger partial charge in [0, 0.05) is 6.42 Å². The summed E-state index contributed by atoms with van der Waals surface area (Å²) in [4.78, 5) is 0. The van der Waals surface area contributed by atoms with E-state index in [0.717, 1.165) is 0 Å². The Labute approximate surface area is 91.1 Å². The zero-order valence-electron chi connectivity index (χ0n) is 7.59. The number of halogens is 8. The lowest BCUT2D eigenvalue weighted by atomic mass is 9.72. The van der Waals surface area contributed by atoms with Crippen LogP contribution in [0.15, 0.2) is 12.7 Å². The fourth-order valence-corrected chi connectivity index (χ4v) is 1.66. The van der Waals surface area contributed by atoms with Gasteiger partial charge in [-0.2, -0.15) is 17.6 Å². The standard InChI is InChI=1S/C8H6ClF7/c1-2-5(10,11)8(15,16)4-3-6(12,13)7(4,9)14/h2,4H,1,3H2/t4-,7-/m0/s1. The number of alkyl halides is 8. The first-order valence-electron chi connectivity index (χ1n) is 4.05. The molecular weight excluding hydrogens is 265 g/mol. The van der Waals surface area contributed by atoms with Crippen LogP contribution in [0.3, 0.4) is 0 Å². The molecule has 0 aromatic carbocycles. The van der Waals surface area contributed by atoms with Crippen LogP contribution in [0, 0.1) is 5.92 Å². The smallest absolute Gasteiger partial charge is 0.219 e. The van der Waals surface area contributed by atoms with E-state index >= 15 is 0 Å². The van der Waals surface area contributed by atoms with Crippen molar-refractivity contribution in [2.45, 2.75) is 29.3 Å². The predicted molar refractivity (Wildman–Crippen MR) is 42.8 cm³/mol. The van der Waals surface area contributed by atoms with Crippen LogP contribution in [0.5, 0.6) is 0 Å². The van der Waals surface area contributed by atoms with Gasteiger partial charge in [-0.15, -0.1) is 0 Å². The maximum atomic E-state index is 13.0. The molecule has 1 saturated carbocycles. The Morgan fingerprint density at radius 1 is 1.19 bits per heavy atom. The van der Waals surface area contributed by atoms with Crippen molar-refractivity contribution in [2.75, 3.05) is 0 Å². The lowest BCUT2D eigenvalue weighted by Crippen LogP contribution is -2.67.